The molecule has 0 saturated carbocycles. The Bertz CT molecular complexity index is 375. The van der Waals surface area contributed by atoms with Crippen LogP contribution < -0.4 is 5.48 Å². The molecule has 1 rings (SSSR count). The van der Waals surface area contributed by atoms with Gasteiger partial charge >= 0.3 is 12.4 Å². The lowest BCUT2D eigenvalue weighted by molar-refractivity contribution is -0.200. The quantitative estimate of drug-likeness (QED) is 0.657. The standard InChI is InChI=1S/C11H11F6NO/c12-10(13,14)6-9(8-4-2-1-3-5-8)18-19-7-11(15,16)17/h1-5,9,18H,6-7H2. The van der Waals surface area contributed by atoms with Crippen LogP contribution in [0.4, 0.5) is 26.3 Å². The van der Waals surface area contributed by atoms with Gasteiger partial charge < -0.3 is 0 Å². The Morgan fingerprint density at radius 2 is 1.53 bits per heavy atom. The van der Waals surface area contributed by atoms with E-state index in [4.69, 9.17) is 0 Å². The molecule has 2 nitrogen and oxygen atoms in total. The normalized spacial score (nSPS) is 14.4. The van der Waals surface area contributed by atoms with Crippen molar-refractivity contribution in [2.45, 2.75) is 24.8 Å². The summed E-state index contributed by atoms with van der Waals surface area (Å²) in [7, 11) is 0. The Kier molecular flexibility index (Phi) is 5.19. The Morgan fingerprint density at radius 1 is 0.947 bits per heavy atom. The fourth-order valence-corrected chi connectivity index (χ4v) is 1.37. The van der Waals surface area contributed by atoms with Gasteiger partial charge in [0.1, 0.15) is 0 Å². The molecule has 0 spiro atoms. The Balaban J connectivity index is 2.66. The second kappa shape index (κ2) is 6.25. The molecule has 19 heavy (non-hydrogen) atoms. The highest BCUT2D eigenvalue weighted by atomic mass is 19.4. The number of rotatable bonds is 5. The molecule has 0 aliphatic heterocycles. The van der Waals surface area contributed by atoms with Crippen LogP contribution in [0, 0.1) is 0 Å². The third kappa shape index (κ3) is 7.02. The van der Waals surface area contributed by atoms with Gasteiger partial charge in [0, 0.05) is 0 Å². The Morgan fingerprint density at radius 3 is 2.00 bits per heavy atom. The first-order valence-electron chi connectivity index (χ1n) is 5.23. The smallest absolute Gasteiger partial charge is 0.292 e. The fraction of sp³-hybridized carbons (Fsp3) is 0.455. The average Bonchev–Trinajstić information content (AvgIpc) is 2.25. The van der Waals surface area contributed by atoms with Crippen molar-refractivity contribution in [2.24, 2.45) is 0 Å². The summed E-state index contributed by atoms with van der Waals surface area (Å²) in [6, 6.07) is 5.93. The average molecular weight is 287 g/mol. The third-order valence-electron chi connectivity index (χ3n) is 2.10. The SMILES string of the molecule is FC(F)(F)CONC(CC(F)(F)F)c1ccccc1. The second-order valence-electron chi connectivity index (χ2n) is 3.80. The topological polar surface area (TPSA) is 21.3 Å². The highest BCUT2D eigenvalue weighted by Crippen LogP contribution is 2.29. The van der Waals surface area contributed by atoms with Gasteiger partial charge in [-0.2, -0.15) is 31.8 Å². The molecule has 0 aromatic heterocycles. The molecule has 0 fully saturated rings. The molecular weight excluding hydrogens is 276 g/mol. The van der Waals surface area contributed by atoms with Crippen LogP contribution in [0.25, 0.3) is 0 Å². The zero-order valence-electron chi connectivity index (χ0n) is 9.55. The van der Waals surface area contributed by atoms with Crippen molar-refractivity contribution < 1.29 is 31.2 Å². The third-order valence-corrected chi connectivity index (χ3v) is 2.10. The summed E-state index contributed by atoms with van der Waals surface area (Å²) < 4.78 is 72.6. The minimum Gasteiger partial charge on any atom is -0.292 e. The first kappa shape index (κ1) is 15.8. The number of benzene rings is 1. The van der Waals surface area contributed by atoms with Gasteiger partial charge in [-0.15, -0.1) is 0 Å². The van der Waals surface area contributed by atoms with Gasteiger partial charge in [-0.1, -0.05) is 30.3 Å². The van der Waals surface area contributed by atoms with E-state index in [-0.39, 0.29) is 5.56 Å². The molecule has 0 bridgehead atoms. The van der Waals surface area contributed by atoms with Gasteiger partial charge in [-0.05, 0) is 5.56 Å². The number of alkyl halides is 6. The van der Waals surface area contributed by atoms with E-state index in [1.54, 1.807) is 6.07 Å². The summed E-state index contributed by atoms with van der Waals surface area (Å²) in [5.74, 6) is 0. The fourth-order valence-electron chi connectivity index (χ4n) is 1.37. The summed E-state index contributed by atoms with van der Waals surface area (Å²) in [6.07, 6.45) is -10.4. The Hall–Kier alpha value is -1.28. The van der Waals surface area contributed by atoms with E-state index < -0.39 is 31.4 Å². The molecule has 0 amide bonds. The Labute approximate surface area is 105 Å². The summed E-state index contributed by atoms with van der Waals surface area (Å²) in [4.78, 5) is 4.09. The molecule has 1 aromatic rings. The summed E-state index contributed by atoms with van der Waals surface area (Å²) >= 11 is 0. The molecule has 1 atom stereocenters. The number of nitrogens with one attached hydrogen (secondary N) is 1. The molecule has 0 aliphatic rings. The maximum Gasteiger partial charge on any atom is 0.413 e. The molecule has 0 radical (unpaired) electrons. The minimum atomic E-state index is -4.60. The van der Waals surface area contributed by atoms with Crippen LogP contribution in [-0.2, 0) is 4.84 Å². The van der Waals surface area contributed by atoms with Crippen molar-refractivity contribution in [2.75, 3.05) is 6.61 Å². The van der Waals surface area contributed by atoms with Gasteiger partial charge in [0.2, 0.25) is 0 Å². The molecule has 1 unspecified atom stereocenters. The van der Waals surface area contributed by atoms with E-state index in [9.17, 15) is 26.3 Å². The lowest BCUT2D eigenvalue weighted by Crippen LogP contribution is -2.30. The van der Waals surface area contributed by atoms with Gasteiger partial charge in [0.05, 0.1) is 12.5 Å². The largest absolute Gasteiger partial charge is 0.413 e. The number of hydrogen-bond acceptors (Lipinski definition) is 2. The van der Waals surface area contributed by atoms with Crippen molar-refractivity contribution in [1.82, 2.24) is 5.48 Å². The van der Waals surface area contributed by atoms with E-state index in [2.05, 4.69) is 4.84 Å². The predicted octanol–water partition coefficient (Wildman–Crippen LogP) is 3.76. The van der Waals surface area contributed by atoms with Crippen LogP contribution in [0.5, 0.6) is 0 Å². The monoisotopic (exact) mass is 287 g/mol. The zero-order chi connectivity index (χ0) is 14.5. The first-order valence-corrected chi connectivity index (χ1v) is 5.23. The molecule has 1 N–H and O–H groups in total. The summed E-state index contributed by atoms with van der Waals surface area (Å²) in [5, 5.41) is 0. The highest BCUT2D eigenvalue weighted by Gasteiger charge is 2.34. The van der Waals surface area contributed by atoms with Crippen molar-refractivity contribution in [3.63, 3.8) is 0 Å². The molecule has 8 heteroatoms. The van der Waals surface area contributed by atoms with Crippen molar-refractivity contribution >= 4 is 0 Å². The maximum atomic E-state index is 12.3. The minimum absolute atomic E-state index is 0.196. The molecule has 0 aliphatic carbocycles. The highest BCUT2D eigenvalue weighted by molar-refractivity contribution is 5.18. The predicted molar refractivity (Wildman–Crippen MR) is 55.0 cm³/mol. The van der Waals surface area contributed by atoms with Gasteiger partial charge in [-0.3, -0.25) is 4.84 Å². The lowest BCUT2D eigenvalue weighted by Gasteiger charge is -2.20. The number of halogens is 6. The summed E-state index contributed by atoms with van der Waals surface area (Å²) in [6.45, 7) is -1.66. The van der Waals surface area contributed by atoms with Crippen LogP contribution in [0.1, 0.15) is 18.0 Å². The first-order chi connectivity index (χ1) is 8.67. The van der Waals surface area contributed by atoms with E-state index in [1.807, 2.05) is 5.48 Å². The maximum absolute atomic E-state index is 12.3. The van der Waals surface area contributed by atoms with E-state index >= 15 is 0 Å². The van der Waals surface area contributed by atoms with Crippen molar-refractivity contribution in [3.8, 4) is 0 Å². The van der Waals surface area contributed by atoms with Crippen LogP contribution in [-0.4, -0.2) is 19.0 Å². The lowest BCUT2D eigenvalue weighted by atomic mass is 10.0. The molecule has 1 aromatic carbocycles. The van der Waals surface area contributed by atoms with Crippen LogP contribution in [0.2, 0.25) is 0 Å². The number of hydroxylamine groups is 1. The van der Waals surface area contributed by atoms with Crippen LogP contribution in [0.3, 0.4) is 0 Å². The molecule has 108 valence electrons. The van der Waals surface area contributed by atoms with Crippen LogP contribution in [0.15, 0.2) is 30.3 Å². The zero-order valence-corrected chi connectivity index (χ0v) is 9.55. The van der Waals surface area contributed by atoms with E-state index in [1.165, 1.54) is 24.3 Å². The van der Waals surface area contributed by atoms with Crippen LogP contribution >= 0.6 is 0 Å². The molecular formula is C11H11F6NO. The van der Waals surface area contributed by atoms with Gasteiger partial charge in [0.25, 0.3) is 0 Å². The second-order valence-corrected chi connectivity index (χ2v) is 3.80. The van der Waals surface area contributed by atoms with Gasteiger partial charge in [-0.25, -0.2) is 0 Å². The molecule has 0 saturated heterocycles. The van der Waals surface area contributed by atoms with Gasteiger partial charge in [0.15, 0.2) is 6.61 Å². The van der Waals surface area contributed by atoms with E-state index in [0.717, 1.165) is 0 Å². The summed E-state index contributed by atoms with van der Waals surface area (Å²) in [5.41, 5.74) is 2.01. The van der Waals surface area contributed by atoms with Crippen molar-refractivity contribution in [3.05, 3.63) is 35.9 Å². The van der Waals surface area contributed by atoms with E-state index in [0.29, 0.717) is 0 Å². The number of hydrogen-bond donors (Lipinski definition) is 1. The van der Waals surface area contributed by atoms with Crippen molar-refractivity contribution in [1.29, 1.82) is 0 Å². The molecule has 0 heterocycles.